The van der Waals surface area contributed by atoms with Crippen molar-refractivity contribution in [1.82, 2.24) is 15.2 Å². The highest BCUT2D eigenvalue weighted by atomic mass is 32.1. The van der Waals surface area contributed by atoms with Crippen LogP contribution in [-0.2, 0) is 11.3 Å². The second-order valence-corrected chi connectivity index (χ2v) is 7.12. The number of carbonyl (C=O) groups is 3. The smallest absolute Gasteiger partial charge is 0.465 e. The molecule has 3 rings (SSSR count). The Labute approximate surface area is 169 Å². The third kappa shape index (κ3) is 3.82. The topological polar surface area (TPSA) is 117 Å². The number of esters is 1. The first kappa shape index (κ1) is 20.4. The zero-order chi connectivity index (χ0) is 21.2. The molecule has 152 valence electrons. The SMILES string of the molecule is CC[N+]1(C(=O)O)N=C(NC(=O)NCc2ccc(F)cc2)c2sc(C(=O)OC)cc21. The molecule has 1 aromatic carbocycles. The number of methoxy groups -OCH3 is 1. The summed E-state index contributed by atoms with van der Waals surface area (Å²) in [5.74, 6) is -0.947. The Morgan fingerprint density at radius 2 is 1.97 bits per heavy atom. The molecule has 1 atom stereocenters. The lowest BCUT2D eigenvalue weighted by Gasteiger charge is -2.19. The van der Waals surface area contributed by atoms with E-state index in [0.29, 0.717) is 10.4 Å². The highest BCUT2D eigenvalue weighted by molar-refractivity contribution is 7.16. The molecule has 11 heteroatoms. The number of hydrogen-bond donors (Lipinski definition) is 3. The minimum Gasteiger partial charge on any atom is -0.465 e. The van der Waals surface area contributed by atoms with Gasteiger partial charge in [0.1, 0.15) is 22.1 Å². The summed E-state index contributed by atoms with van der Waals surface area (Å²) in [7, 11) is 1.22. The summed E-state index contributed by atoms with van der Waals surface area (Å²) in [6, 6.07) is 6.43. The first-order valence-electron chi connectivity index (χ1n) is 8.55. The van der Waals surface area contributed by atoms with Crippen molar-refractivity contribution in [2.24, 2.45) is 5.10 Å². The Kier molecular flexibility index (Phi) is 5.62. The predicted octanol–water partition coefficient (Wildman–Crippen LogP) is 2.85. The fraction of sp³-hybridized carbons (Fsp3) is 0.222. The fourth-order valence-corrected chi connectivity index (χ4v) is 3.90. The number of ether oxygens (including phenoxy) is 1. The van der Waals surface area contributed by atoms with E-state index in [1.807, 2.05) is 0 Å². The first-order chi connectivity index (χ1) is 13.8. The minimum absolute atomic E-state index is 0.0426. The summed E-state index contributed by atoms with van der Waals surface area (Å²) in [5, 5.41) is 19.1. The maximum Gasteiger partial charge on any atom is 0.546 e. The number of amides is 3. The zero-order valence-corrected chi connectivity index (χ0v) is 16.4. The fourth-order valence-electron chi connectivity index (χ4n) is 2.84. The van der Waals surface area contributed by atoms with Crippen LogP contribution in [0.3, 0.4) is 0 Å². The van der Waals surface area contributed by atoms with Gasteiger partial charge in [-0.3, -0.25) is 5.32 Å². The monoisotopic (exact) mass is 421 g/mol. The number of quaternary nitrogens is 1. The van der Waals surface area contributed by atoms with Gasteiger partial charge in [0.2, 0.25) is 5.84 Å². The number of urea groups is 1. The number of fused-ring (bicyclic) bond motifs is 1. The number of nitrogens with zero attached hydrogens (tertiary/aromatic N) is 2. The Balaban J connectivity index is 1.83. The van der Waals surface area contributed by atoms with Gasteiger partial charge in [-0.2, -0.15) is 4.79 Å². The zero-order valence-electron chi connectivity index (χ0n) is 15.6. The largest absolute Gasteiger partial charge is 0.546 e. The molecule has 0 fully saturated rings. The Hall–Kier alpha value is -3.31. The van der Waals surface area contributed by atoms with Crippen LogP contribution in [0, 0.1) is 5.82 Å². The van der Waals surface area contributed by atoms with Crippen LogP contribution < -0.4 is 15.2 Å². The van der Waals surface area contributed by atoms with Gasteiger partial charge in [0.05, 0.1) is 7.11 Å². The van der Waals surface area contributed by atoms with Crippen LogP contribution in [-0.4, -0.2) is 42.7 Å². The molecule has 0 spiro atoms. The van der Waals surface area contributed by atoms with Crippen molar-refractivity contribution in [2.45, 2.75) is 13.5 Å². The normalized spacial score (nSPS) is 17.3. The van der Waals surface area contributed by atoms with Gasteiger partial charge in [-0.05, 0) is 29.7 Å². The van der Waals surface area contributed by atoms with Crippen molar-refractivity contribution < 1.29 is 28.6 Å². The van der Waals surface area contributed by atoms with Crippen LogP contribution in [0.25, 0.3) is 0 Å². The number of amidine groups is 1. The molecule has 1 aliphatic rings. The molecular formula is C18H18FN4O5S+. The van der Waals surface area contributed by atoms with Crippen LogP contribution in [0.2, 0.25) is 0 Å². The molecule has 29 heavy (non-hydrogen) atoms. The van der Waals surface area contributed by atoms with Crippen LogP contribution in [0.5, 0.6) is 0 Å². The molecule has 3 N–H and O–H groups in total. The molecule has 0 saturated heterocycles. The standard InChI is InChI=1S/C18H17FN4O5S/c1-3-23(18(26)27)12-8-13(16(24)28-2)29-14(12)15(22-23)21-17(25)20-9-10-4-6-11(19)7-5-10/h4-8H,3,9H2,1-2H3,(H2-,20,21,22,25,26,27)/p+1. The number of benzene rings is 1. The Morgan fingerprint density at radius 3 is 2.55 bits per heavy atom. The highest BCUT2D eigenvalue weighted by Gasteiger charge is 2.50. The van der Waals surface area contributed by atoms with Crippen LogP contribution in [0.4, 0.5) is 19.7 Å². The molecule has 9 nitrogen and oxygen atoms in total. The van der Waals surface area contributed by atoms with E-state index in [1.54, 1.807) is 6.92 Å². The van der Waals surface area contributed by atoms with Gasteiger partial charge in [-0.1, -0.05) is 16.7 Å². The number of nitrogens with one attached hydrogen (secondary N) is 2. The van der Waals surface area contributed by atoms with E-state index in [4.69, 9.17) is 4.74 Å². The molecule has 0 saturated carbocycles. The second kappa shape index (κ2) is 7.97. The molecule has 0 aliphatic carbocycles. The number of rotatable bonds is 4. The van der Waals surface area contributed by atoms with Crippen molar-refractivity contribution in [3.8, 4) is 0 Å². The molecule has 1 unspecified atom stereocenters. The number of hydrogen-bond acceptors (Lipinski definition) is 6. The van der Waals surface area contributed by atoms with Gasteiger partial charge < -0.3 is 15.2 Å². The molecule has 1 aliphatic heterocycles. The maximum atomic E-state index is 13.0. The summed E-state index contributed by atoms with van der Waals surface area (Å²) in [4.78, 5) is 36.7. The first-order valence-corrected chi connectivity index (χ1v) is 9.36. The van der Waals surface area contributed by atoms with E-state index in [2.05, 4.69) is 15.7 Å². The van der Waals surface area contributed by atoms with E-state index in [0.717, 1.165) is 11.3 Å². The average Bonchev–Trinajstić information content (AvgIpc) is 3.26. The van der Waals surface area contributed by atoms with E-state index in [-0.39, 0.29) is 35.3 Å². The quantitative estimate of drug-likeness (QED) is 0.518. The van der Waals surface area contributed by atoms with Crippen molar-refractivity contribution >= 4 is 41.0 Å². The average molecular weight is 421 g/mol. The van der Waals surface area contributed by atoms with Gasteiger partial charge >= 0.3 is 18.1 Å². The van der Waals surface area contributed by atoms with Crippen molar-refractivity contribution in [1.29, 1.82) is 0 Å². The third-order valence-electron chi connectivity index (χ3n) is 4.36. The lowest BCUT2D eigenvalue weighted by Crippen LogP contribution is -2.47. The summed E-state index contributed by atoms with van der Waals surface area (Å²) in [6.45, 7) is 1.84. The number of carboxylic acid groups (broad SMARTS) is 1. The number of halogens is 1. The molecule has 0 radical (unpaired) electrons. The number of thiophene rings is 1. The third-order valence-corrected chi connectivity index (χ3v) is 5.47. The predicted molar refractivity (Wildman–Crippen MR) is 104 cm³/mol. The minimum atomic E-state index is -1.24. The van der Waals surface area contributed by atoms with Crippen LogP contribution in [0.15, 0.2) is 35.4 Å². The summed E-state index contributed by atoms with van der Waals surface area (Å²) >= 11 is 0.987. The van der Waals surface area contributed by atoms with Gasteiger partial charge in [-0.25, -0.2) is 14.0 Å². The number of carbonyl (C=O) groups excluding carboxylic acids is 2. The summed E-state index contributed by atoms with van der Waals surface area (Å²) < 4.78 is 16.9. The van der Waals surface area contributed by atoms with E-state index in [9.17, 15) is 23.9 Å². The van der Waals surface area contributed by atoms with E-state index >= 15 is 0 Å². The molecule has 2 aromatic rings. The van der Waals surface area contributed by atoms with E-state index < -0.39 is 22.7 Å². The van der Waals surface area contributed by atoms with Crippen LogP contribution in [0.1, 0.15) is 27.0 Å². The molecule has 1 aromatic heterocycles. The van der Waals surface area contributed by atoms with Crippen molar-refractivity contribution in [3.05, 3.63) is 51.5 Å². The Bertz CT molecular complexity index is 1000. The van der Waals surface area contributed by atoms with E-state index in [1.165, 1.54) is 37.4 Å². The highest BCUT2D eigenvalue weighted by Crippen LogP contribution is 2.41. The second-order valence-electron chi connectivity index (χ2n) is 6.07. The lowest BCUT2D eigenvalue weighted by molar-refractivity contribution is 0.0606. The van der Waals surface area contributed by atoms with Crippen molar-refractivity contribution in [2.75, 3.05) is 13.7 Å². The molecular weight excluding hydrogens is 403 g/mol. The maximum absolute atomic E-state index is 13.0. The summed E-state index contributed by atoms with van der Waals surface area (Å²) in [5.41, 5.74) is 0.961. The molecule has 3 amide bonds. The van der Waals surface area contributed by atoms with Gasteiger partial charge in [0.15, 0.2) is 5.69 Å². The lowest BCUT2D eigenvalue weighted by atomic mass is 10.2. The van der Waals surface area contributed by atoms with Crippen LogP contribution >= 0.6 is 11.3 Å². The summed E-state index contributed by atoms with van der Waals surface area (Å²) in [6.07, 6.45) is -1.24. The van der Waals surface area contributed by atoms with Gasteiger partial charge in [0.25, 0.3) is 0 Å². The molecule has 2 heterocycles. The Morgan fingerprint density at radius 1 is 1.28 bits per heavy atom. The molecule has 0 bridgehead atoms. The van der Waals surface area contributed by atoms with Gasteiger partial charge in [0, 0.05) is 12.6 Å². The van der Waals surface area contributed by atoms with Gasteiger partial charge in [-0.15, -0.1) is 11.3 Å². The van der Waals surface area contributed by atoms with Crippen molar-refractivity contribution in [3.63, 3.8) is 0 Å².